The Hall–Kier alpha value is -2.04. The van der Waals surface area contributed by atoms with E-state index in [2.05, 4.69) is 6.92 Å². The highest BCUT2D eigenvalue weighted by atomic mass is 16.6. The predicted octanol–water partition coefficient (Wildman–Crippen LogP) is 3.16. The van der Waals surface area contributed by atoms with Crippen LogP contribution in [0.1, 0.15) is 37.8 Å². The molecule has 0 bridgehead atoms. The van der Waals surface area contributed by atoms with Crippen molar-refractivity contribution in [3.05, 3.63) is 35.9 Å². The molecule has 5 heteroatoms. The van der Waals surface area contributed by atoms with E-state index >= 15 is 0 Å². The standard InChI is InChI=1S/C17H23NO4/c1-3-7-13(10-16(19)21-2)11-18-15(12-22-17(18)20)14-8-5-4-6-9-14/h4-6,8-9,13,15H,3,7,10-12H2,1-2H3/t13-,15+/m0/s1. The Morgan fingerprint density at radius 2 is 2.14 bits per heavy atom. The molecule has 5 nitrogen and oxygen atoms in total. The number of rotatable bonds is 7. The van der Waals surface area contributed by atoms with Gasteiger partial charge in [-0.1, -0.05) is 43.7 Å². The zero-order valence-electron chi connectivity index (χ0n) is 13.2. The van der Waals surface area contributed by atoms with E-state index in [1.165, 1.54) is 7.11 Å². The number of carbonyl (C=O) groups excluding carboxylic acids is 2. The summed E-state index contributed by atoms with van der Waals surface area (Å²) in [5.74, 6) is -0.142. The number of nitrogens with zero attached hydrogens (tertiary/aromatic N) is 1. The molecule has 2 rings (SSSR count). The van der Waals surface area contributed by atoms with Crippen molar-refractivity contribution in [3.8, 4) is 0 Å². The third-order valence-electron chi connectivity index (χ3n) is 3.99. The van der Waals surface area contributed by atoms with Crippen LogP contribution in [0.5, 0.6) is 0 Å². The normalized spacial score (nSPS) is 18.9. The zero-order valence-corrected chi connectivity index (χ0v) is 13.2. The third-order valence-corrected chi connectivity index (χ3v) is 3.99. The summed E-state index contributed by atoms with van der Waals surface area (Å²) in [4.78, 5) is 25.3. The van der Waals surface area contributed by atoms with Gasteiger partial charge in [0, 0.05) is 6.54 Å². The van der Waals surface area contributed by atoms with Crippen LogP contribution >= 0.6 is 0 Å². The Balaban J connectivity index is 2.09. The monoisotopic (exact) mass is 305 g/mol. The minimum atomic E-state index is -0.306. The first-order valence-corrected chi connectivity index (χ1v) is 7.70. The number of ether oxygens (including phenoxy) is 2. The lowest BCUT2D eigenvalue weighted by Crippen LogP contribution is -2.33. The number of hydrogen-bond donors (Lipinski definition) is 0. The van der Waals surface area contributed by atoms with E-state index in [1.54, 1.807) is 4.90 Å². The topological polar surface area (TPSA) is 55.8 Å². The Morgan fingerprint density at radius 3 is 2.77 bits per heavy atom. The average molecular weight is 305 g/mol. The molecule has 120 valence electrons. The van der Waals surface area contributed by atoms with Crippen LogP contribution in [-0.4, -0.2) is 37.2 Å². The predicted molar refractivity (Wildman–Crippen MR) is 82.3 cm³/mol. The fourth-order valence-electron chi connectivity index (χ4n) is 2.87. The first-order chi connectivity index (χ1) is 10.7. The Morgan fingerprint density at radius 1 is 1.41 bits per heavy atom. The fourth-order valence-corrected chi connectivity index (χ4v) is 2.87. The van der Waals surface area contributed by atoms with Crippen molar-refractivity contribution in [3.63, 3.8) is 0 Å². The first-order valence-electron chi connectivity index (χ1n) is 7.70. The van der Waals surface area contributed by atoms with Crippen LogP contribution in [0, 0.1) is 5.92 Å². The van der Waals surface area contributed by atoms with Crippen LogP contribution in [0.3, 0.4) is 0 Å². The second-order valence-corrected chi connectivity index (χ2v) is 5.59. The summed E-state index contributed by atoms with van der Waals surface area (Å²) in [6, 6.07) is 9.76. The van der Waals surface area contributed by atoms with Gasteiger partial charge in [0.15, 0.2) is 0 Å². The van der Waals surface area contributed by atoms with Gasteiger partial charge in [0.25, 0.3) is 0 Å². The highest BCUT2D eigenvalue weighted by molar-refractivity contribution is 5.71. The smallest absolute Gasteiger partial charge is 0.410 e. The molecule has 0 saturated carbocycles. The van der Waals surface area contributed by atoms with Crippen LogP contribution in [0.2, 0.25) is 0 Å². The highest BCUT2D eigenvalue weighted by Gasteiger charge is 2.35. The molecule has 22 heavy (non-hydrogen) atoms. The van der Waals surface area contributed by atoms with Gasteiger partial charge in [0.1, 0.15) is 6.61 Å². The van der Waals surface area contributed by atoms with Gasteiger partial charge in [0.2, 0.25) is 0 Å². The average Bonchev–Trinajstić information content (AvgIpc) is 2.89. The number of methoxy groups -OCH3 is 1. The summed E-state index contributed by atoms with van der Waals surface area (Å²) < 4.78 is 9.97. The molecule has 0 radical (unpaired) electrons. The van der Waals surface area contributed by atoms with Crippen LogP contribution in [0.25, 0.3) is 0 Å². The second kappa shape index (κ2) is 7.82. The summed E-state index contributed by atoms with van der Waals surface area (Å²) >= 11 is 0. The molecule has 1 saturated heterocycles. The molecule has 1 fully saturated rings. The van der Waals surface area contributed by atoms with Crippen LogP contribution in [-0.2, 0) is 14.3 Å². The molecule has 1 heterocycles. The van der Waals surface area contributed by atoms with Crippen LogP contribution in [0.15, 0.2) is 30.3 Å². The molecule has 0 N–H and O–H groups in total. The van der Waals surface area contributed by atoms with E-state index in [0.29, 0.717) is 19.6 Å². The molecule has 0 aliphatic carbocycles. The van der Waals surface area contributed by atoms with E-state index in [-0.39, 0.29) is 24.0 Å². The molecule has 0 aromatic heterocycles. The molecule has 1 aliphatic heterocycles. The molecule has 0 unspecified atom stereocenters. The van der Waals surface area contributed by atoms with E-state index < -0.39 is 0 Å². The van der Waals surface area contributed by atoms with Crippen molar-refractivity contribution < 1.29 is 19.1 Å². The van der Waals surface area contributed by atoms with Gasteiger partial charge in [-0.05, 0) is 17.9 Å². The van der Waals surface area contributed by atoms with Crippen molar-refractivity contribution in [1.82, 2.24) is 4.90 Å². The van der Waals surface area contributed by atoms with Crippen molar-refractivity contribution in [2.45, 2.75) is 32.2 Å². The zero-order chi connectivity index (χ0) is 15.9. The fraction of sp³-hybridized carbons (Fsp3) is 0.529. The van der Waals surface area contributed by atoms with E-state index in [1.807, 2.05) is 30.3 Å². The maximum Gasteiger partial charge on any atom is 0.410 e. The lowest BCUT2D eigenvalue weighted by Gasteiger charge is -2.26. The van der Waals surface area contributed by atoms with Gasteiger partial charge < -0.3 is 9.47 Å². The van der Waals surface area contributed by atoms with Crippen molar-refractivity contribution >= 4 is 12.1 Å². The minimum absolute atomic E-state index is 0.0781. The minimum Gasteiger partial charge on any atom is -0.469 e. The number of cyclic esters (lactones) is 1. The molecular formula is C17H23NO4. The summed E-state index contributed by atoms with van der Waals surface area (Å²) in [5.41, 5.74) is 1.06. The first kappa shape index (κ1) is 16.3. The molecule has 1 aromatic rings. The molecule has 1 aliphatic rings. The van der Waals surface area contributed by atoms with E-state index in [0.717, 1.165) is 18.4 Å². The van der Waals surface area contributed by atoms with Gasteiger partial charge >= 0.3 is 12.1 Å². The molecular weight excluding hydrogens is 282 g/mol. The van der Waals surface area contributed by atoms with Gasteiger partial charge in [0.05, 0.1) is 19.6 Å². The number of carbonyl (C=O) groups is 2. The van der Waals surface area contributed by atoms with Gasteiger partial charge in [-0.25, -0.2) is 4.79 Å². The number of amides is 1. The SMILES string of the molecule is CCC[C@@H](CC(=O)OC)CN1C(=O)OC[C@@H]1c1ccccc1. The van der Waals surface area contributed by atoms with E-state index in [4.69, 9.17) is 9.47 Å². The number of hydrogen-bond acceptors (Lipinski definition) is 4. The van der Waals surface area contributed by atoms with Crippen LogP contribution < -0.4 is 0 Å². The number of benzene rings is 1. The summed E-state index contributed by atoms with van der Waals surface area (Å²) in [7, 11) is 1.39. The quantitative estimate of drug-likeness (QED) is 0.726. The van der Waals surface area contributed by atoms with E-state index in [9.17, 15) is 9.59 Å². The van der Waals surface area contributed by atoms with Crippen molar-refractivity contribution in [2.75, 3.05) is 20.3 Å². The number of esters is 1. The molecule has 0 spiro atoms. The third kappa shape index (κ3) is 4.00. The largest absolute Gasteiger partial charge is 0.469 e. The van der Waals surface area contributed by atoms with Crippen molar-refractivity contribution in [2.24, 2.45) is 5.92 Å². The highest BCUT2D eigenvalue weighted by Crippen LogP contribution is 2.29. The molecule has 2 atom stereocenters. The lowest BCUT2D eigenvalue weighted by atomic mass is 9.97. The van der Waals surface area contributed by atoms with Gasteiger partial charge in [-0.2, -0.15) is 0 Å². The van der Waals surface area contributed by atoms with Gasteiger partial charge in [-0.15, -0.1) is 0 Å². The summed E-state index contributed by atoms with van der Waals surface area (Å²) in [6.07, 6.45) is 1.86. The maximum absolute atomic E-state index is 12.0. The summed E-state index contributed by atoms with van der Waals surface area (Å²) in [6.45, 7) is 2.95. The molecule has 1 aromatic carbocycles. The van der Waals surface area contributed by atoms with Crippen molar-refractivity contribution in [1.29, 1.82) is 0 Å². The molecule has 1 amide bonds. The lowest BCUT2D eigenvalue weighted by molar-refractivity contribution is -0.141. The Bertz CT molecular complexity index is 503. The Labute approximate surface area is 131 Å². The van der Waals surface area contributed by atoms with Gasteiger partial charge in [-0.3, -0.25) is 9.69 Å². The second-order valence-electron chi connectivity index (χ2n) is 5.59. The summed E-state index contributed by atoms with van der Waals surface area (Å²) in [5, 5.41) is 0. The maximum atomic E-state index is 12.0. The van der Waals surface area contributed by atoms with Crippen LogP contribution in [0.4, 0.5) is 4.79 Å². The Kier molecular flexibility index (Phi) is 5.81.